The molecule has 0 unspecified atom stereocenters. The van der Waals surface area contributed by atoms with E-state index < -0.39 is 6.37 Å². The second-order valence-electron chi connectivity index (χ2n) is 7.62. The van der Waals surface area contributed by atoms with E-state index in [4.69, 9.17) is 7.16 Å². The summed E-state index contributed by atoms with van der Waals surface area (Å²) in [6.07, 6.45) is 0.0761. The molecule has 0 aliphatic rings. The molecule has 3 nitrogen and oxygen atoms in total. The van der Waals surface area contributed by atoms with Crippen molar-refractivity contribution >= 4 is 22.1 Å². The fourth-order valence-electron chi connectivity index (χ4n) is 4.01. The SMILES string of the molecule is [2H]C([2H])(c1ccccc1)c1ccc2c(n1)oc1c(-c3cc(-c4ccccc4)ccn3)cccc12. The van der Waals surface area contributed by atoms with Crippen molar-refractivity contribution in [3.8, 4) is 22.4 Å². The summed E-state index contributed by atoms with van der Waals surface area (Å²) < 4.78 is 23.5. The zero-order valence-corrected chi connectivity index (χ0v) is 17.2. The van der Waals surface area contributed by atoms with Crippen molar-refractivity contribution in [1.29, 1.82) is 0 Å². The fraction of sp³-hybridized carbons (Fsp3) is 0.0345. The smallest absolute Gasteiger partial charge is 0.227 e. The van der Waals surface area contributed by atoms with Crippen molar-refractivity contribution in [3.05, 3.63) is 121 Å². The summed E-state index contributed by atoms with van der Waals surface area (Å²) in [5.74, 6) is 0. The Morgan fingerprint density at radius 1 is 0.719 bits per heavy atom. The van der Waals surface area contributed by atoms with Gasteiger partial charge in [-0.25, -0.2) is 4.98 Å². The summed E-state index contributed by atoms with van der Waals surface area (Å²) in [6, 6.07) is 32.9. The molecule has 0 atom stereocenters. The molecule has 0 bridgehead atoms. The number of aromatic nitrogens is 2. The zero-order valence-electron chi connectivity index (χ0n) is 19.2. The van der Waals surface area contributed by atoms with Gasteiger partial charge in [-0.2, -0.15) is 0 Å². The Bertz CT molecular complexity index is 1630. The Morgan fingerprint density at radius 2 is 1.53 bits per heavy atom. The van der Waals surface area contributed by atoms with Crippen molar-refractivity contribution < 1.29 is 7.16 Å². The van der Waals surface area contributed by atoms with Crippen molar-refractivity contribution in [2.24, 2.45) is 0 Å². The lowest BCUT2D eigenvalue weighted by atomic mass is 10.0. The first-order chi connectivity index (χ1) is 16.6. The molecule has 0 radical (unpaired) electrons. The van der Waals surface area contributed by atoms with Crippen molar-refractivity contribution in [1.82, 2.24) is 9.97 Å². The van der Waals surface area contributed by atoms with Crippen LogP contribution in [0, 0.1) is 0 Å². The standard InChI is InChI=1S/C29H20N2O/c1-3-8-20(9-4-1)18-23-14-15-25-24-12-7-13-26(28(24)32-29(25)31-23)27-19-22(16-17-30-27)21-10-5-2-6-11-21/h1-17,19H,18H2/i18D2. The highest BCUT2D eigenvalue weighted by Crippen LogP contribution is 2.35. The predicted molar refractivity (Wildman–Crippen MR) is 129 cm³/mol. The second-order valence-corrected chi connectivity index (χ2v) is 7.62. The fourth-order valence-corrected chi connectivity index (χ4v) is 4.01. The largest absolute Gasteiger partial charge is 0.437 e. The van der Waals surface area contributed by atoms with Gasteiger partial charge in [0.2, 0.25) is 5.71 Å². The third kappa shape index (κ3) is 3.34. The lowest BCUT2D eigenvalue weighted by Gasteiger charge is -2.05. The van der Waals surface area contributed by atoms with Crippen LogP contribution in [0.2, 0.25) is 0 Å². The van der Waals surface area contributed by atoms with E-state index in [9.17, 15) is 0 Å². The van der Waals surface area contributed by atoms with Crippen LogP contribution in [-0.4, -0.2) is 9.97 Å². The van der Waals surface area contributed by atoms with E-state index in [-0.39, 0.29) is 0 Å². The quantitative estimate of drug-likeness (QED) is 0.304. The molecule has 0 spiro atoms. The summed E-state index contributed by atoms with van der Waals surface area (Å²) >= 11 is 0. The molecule has 0 amide bonds. The highest BCUT2D eigenvalue weighted by Gasteiger charge is 2.15. The Balaban J connectivity index is 1.49. The molecule has 0 fully saturated rings. The number of furan rings is 1. The van der Waals surface area contributed by atoms with E-state index in [2.05, 4.69) is 28.2 Å². The minimum Gasteiger partial charge on any atom is -0.437 e. The molecule has 0 saturated heterocycles. The monoisotopic (exact) mass is 414 g/mol. The maximum Gasteiger partial charge on any atom is 0.227 e. The number of hydrogen-bond acceptors (Lipinski definition) is 3. The van der Waals surface area contributed by atoms with Gasteiger partial charge in [0.1, 0.15) is 5.58 Å². The molecule has 32 heavy (non-hydrogen) atoms. The maximum absolute atomic E-state index is 8.65. The molecular formula is C29H20N2O. The molecule has 3 heteroatoms. The van der Waals surface area contributed by atoms with E-state index in [1.807, 2.05) is 72.9 Å². The molecule has 6 aromatic rings. The molecule has 3 aromatic carbocycles. The molecule has 0 N–H and O–H groups in total. The number of rotatable bonds is 4. The maximum atomic E-state index is 8.65. The van der Waals surface area contributed by atoms with Crippen molar-refractivity contribution in [2.45, 2.75) is 6.37 Å². The number of benzene rings is 3. The summed E-state index contributed by atoms with van der Waals surface area (Å²) in [6.45, 7) is 0. The van der Waals surface area contributed by atoms with Gasteiger partial charge in [-0.3, -0.25) is 4.98 Å². The minimum absolute atomic E-state index is 0.316. The Labute approximate surface area is 188 Å². The first-order valence-electron chi connectivity index (χ1n) is 11.5. The van der Waals surface area contributed by atoms with E-state index in [1.165, 1.54) is 0 Å². The van der Waals surface area contributed by atoms with E-state index >= 15 is 0 Å². The summed E-state index contributed by atoms with van der Waals surface area (Å²) in [5, 5.41) is 1.78. The number of para-hydroxylation sites is 1. The molecular weight excluding hydrogens is 392 g/mol. The molecule has 0 saturated carbocycles. The van der Waals surface area contributed by atoms with Gasteiger partial charge in [0.05, 0.1) is 5.69 Å². The van der Waals surface area contributed by atoms with Gasteiger partial charge in [-0.1, -0.05) is 72.8 Å². The van der Waals surface area contributed by atoms with Crippen molar-refractivity contribution in [3.63, 3.8) is 0 Å². The van der Waals surface area contributed by atoms with Crippen LogP contribution >= 0.6 is 0 Å². The Morgan fingerprint density at radius 3 is 2.38 bits per heavy atom. The summed E-state index contributed by atoms with van der Waals surface area (Å²) in [7, 11) is 0. The van der Waals surface area contributed by atoms with E-state index in [0.717, 1.165) is 33.2 Å². The third-order valence-corrected chi connectivity index (χ3v) is 5.55. The summed E-state index contributed by atoms with van der Waals surface area (Å²) in [4.78, 5) is 9.21. The van der Waals surface area contributed by atoms with Gasteiger partial charge >= 0.3 is 0 Å². The highest BCUT2D eigenvalue weighted by molar-refractivity contribution is 6.08. The normalized spacial score (nSPS) is 12.6. The molecule has 152 valence electrons. The molecule has 0 aliphatic heterocycles. The highest BCUT2D eigenvalue weighted by atomic mass is 16.3. The van der Waals surface area contributed by atoms with Gasteiger partial charge < -0.3 is 4.42 Å². The van der Waals surface area contributed by atoms with Crippen LogP contribution in [0.3, 0.4) is 0 Å². The van der Waals surface area contributed by atoms with E-state index in [1.54, 1.807) is 18.2 Å². The summed E-state index contributed by atoms with van der Waals surface area (Å²) in [5.41, 5.74) is 5.87. The number of hydrogen-bond donors (Lipinski definition) is 0. The lowest BCUT2D eigenvalue weighted by Crippen LogP contribution is -1.91. The van der Waals surface area contributed by atoms with Crippen LogP contribution in [-0.2, 0) is 6.37 Å². The van der Waals surface area contributed by atoms with Crippen LogP contribution in [0.15, 0.2) is 114 Å². The van der Waals surface area contributed by atoms with Crippen LogP contribution in [0.4, 0.5) is 0 Å². The lowest BCUT2D eigenvalue weighted by molar-refractivity contribution is 0.652. The number of nitrogens with zero attached hydrogens (tertiary/aromatic N) is 2. The Hall–Kier alpha value is -4.24. The van der Waals surface area contributed by atoms with Gasteiger partial charge in [-0.15, -0.1) is 0 Å². The molecule has 0 aliphatic carbocycles. The minimum atomic E-state index is -1.73. The molecule has 6 rings (SSSR count). The van der Waals surface area contributed by atoms with Crippen molar-refractivity contribution in [2.75, 3.05) is 0 Å². The van der Waals surface area contributed by atoms with Gasteiger partial charge in [0.15, 0.2) is 0 Å². The molecule has 3 heterocycles. The van der Waals surface area contributed by atoms with Gasteiger partial charge in [0, 0.05) is 37.3 Å². The first-order valence-corrected chi connectivity index (χ1v) is 10.5. The van der Waals surface area contributed by atoms with Crippen LogP contribution < -0.4 is 0 Å². The first kappa shape index (κ1) is 16.5. The average Bonchev–Trinajstić information content (AvgIpc) is 3.28. The van der Waals surface area contributed by atoms with E-state index in [0.29, 0.717) is 22.6 Å². The van der Waals surface area contributed by atoms with Crippen LogP contribution in [0.25, 0.3) is 44.5 Å². The average molecular weight is 415 g/mol. The number of pyridine rings is 2. The van der Waals surface area contributed by atoms with Crippen LogP contribution in [0.1, 0.15) is 14.0 Å². The van der Waals surface area contributed by atoms with Gasteiger partial charge in [-0.05, 0) is 47.0 Å². The topological polar surface area (TPSA) is 38.9 Å². The zero-order chi connectivity index (χ0) is 23.1. The molecule has 3 aromatic heterocycles. The van der Waals surface area contributed by atoms with Crippen LogP contribution in [0.5, 0.6) is 0 Å². The van der Waals surface area contributed by atoms with Gasteiger partial charge in [0.25, 0.3) is 0 Å². The second kappa shape index (κ2) is 7.78. The third-order valence-electron chi connectivity index (χ3n) is 5.55. The predicted octanol–water partition coefficient (Wildman–Crippen LogP) is 7.30. The number of fused-ring (bicyclic) bond motifs is 3. The Kier molecular flexibility index (Phi) is 4.00.